The van der Waals surface area contributed by atoms with E-state index in [1.165, 1.54) is 6.92 Å². The molecule has 10 heteroatoms. The number of carbonyl (C=O) groups is 2. The minimum Gasteiger partial charge on any atom is -0.456 e. The van der Waals surface area contributed by atoms with Crippen LogP contribution in [0.2, 0.25) is 0 Å². The lowest BCUT2D eigenvalue weighted by atomic mass is 9.76. The average Bonchev–Trinajstić information content (AvgIpc) is 3.13. The Morgan fingerprint density at radius 1 is 1.11 bits per heavy atom. The van der Waals surface area contributed by atoms with E-state index in [0.29, 0.717) is 5.78 Å². The summed E-state index contributed by atoms with van der Waals surface area (Å²) in [4.78, 5) is 21.8. The molecule has 0 saturated heterocycles. The molecule has 0 radical (unpaired) electrons. The summed E-state index contributed by atoms with van der Waals surface area (Å²) in [6, 6.07) is 0. The minimum atomic E-state index is -5.95. The van der Waals surface area contributed by atoms with Gasteiger partial charge in [-0.1, -0.05) is 6.58 Å². The molecule has 1 N–H and O–H groups in total. The molecule has 2 unspecified atom stereocenters. The Balaban J connectivity index is 0.000000552. The molecule has 0 aromatic rings. The molecule has 2 saturated carbocycles. The predicted octanol–water partition coefficient (Wildman–Crippen LogP) is 4.65. The van der Waals surface area contributed by atoms with Gasteiger partial charge in [0.25, 0.3) is 5.60 Å². The van der Waals surface area contributed by atoms with Crippen LogP contribution < -0.4 is 0 Å². The summed E-state index contributed by atoms with van der Waals surface area (Å²) in [6.45, 7) is 5.42. The van der Waals surface area contributed by atoms with E-state index in [-0.39, 0.29) is 18.4 Å². The van der Waals surface area contributed by atoms with E-state index < -0.39 is 41.9 Å². The number of hydrogen-bond donors (Lipinski definition) is 1. The van der Waals surface area contributed by atoms with Crippen molar-refractivity contribution >= 4 is 11.8 Å². The summed E-state index contributed by atoms with van der Waals surface area (Å²) in [5.41, 5.74) is -7.19. The Hall–Kier alpha value is -1.58. The van der Waals surface area contributed by atoms with Crippen LogP contribution in [-0.2, 0) is 14.3 Å². The second kappa shape index (κ2) is 8.42. The normalized spacial score (nSPS) is 25.9. The number of alkyl halides is 6. The van der Waals surface area contributed by atoms with Crippen LogP contribution >= 0.6 is 0 Å². The molecule has 2 atom stereocenters. The summed E-state index contributed by atoms with van der Waals surface area (Å²) in [7, 11) is 0. The number of ether oxygens (including phenoxy) is 1. The van der Waals surface area contributed by atoms with Crippen molar-refractivity contribution in [2.24, 2.45) is 5.92 Å². The number of hydrogen-bond acceptors (Lipinski definition) is 4. The lowest BCUT2D eigenvalue weighted by molar-refractivity contribution is -0.394. The van der Waals surface area contributed by atoms with Gasteiger partial charge in [-0.05, 0) is 46.0 Å². The number of esters is 1. The molecule has 2 aliphatic rings. The fourth-order valence-corrected chi connectivity index (χ4v) is 3.53. The fraction of sp³-hybridized carbons (Fsp3) is 0.778. The van der Waals surface area contributed by atoms with E-state index >= 15 is 0 Å². The monoisotopic (exact) mass is 418 g/mol. The highest BCUT2D eigenvalue weighted by Gasteiger charge is 2.77. The van der Waals surface area contributed by atoms with Crippen molar-refractivity contribution in [3.05, 3.63) is 12.2 Å². The number of rotatable bonds is 3. The van der Waals surface area contributed by atoms with Gasteiger partial charge in [0, 0.05) is 24.3 Å². The second-order valence-corrected chi connectivity index (χ2v) is 7.44. The van der Waals surface area contributed by atoms with Gasteiger partial charge in [0.1, 0.15) is 11.4 Å². The van der Waals surface area contributed by atoms with Gasteiger partial charge in [0.15, 0.2) is 0 Å². The SMILES string of the molecule is C=C(C)C(=O)OC1(C)CCCC1C(O)(C(F)(F)F)C(F)(F)F.O=C1CCCC1. The van der Waals surface area contributed by atoms with E-state index in [4.69, 9.17) is 4.74 Å². The lowest BCUT2D eigenvalue weighted by Gasteiger charge is -2.43. The first kappa shape index (κ1) is 24.5. The Kier molecular flexibility index (Phi) is 7.36. The maximum absolute atomic E-state index is 13.0. The summed E-state index contributed by atoms with van der Waals surface area (Å²) in [6.07, 6.45) is -8.76. The average molecular weight is 418 g/mol. The molecule has 0 aromatic heterocycles. The molecular weight excluding hydrogens is 394 g/mol. The highest BCUT2D eigenvalue weighted by Crippen LogP contribution is 2.56. The van der Waals surface area contributed by atoms with Gasteiger partial charge in [-0.2, -0.15) is 26.3 Å². The Morgan fingerprint density at radius 3 is 1.89 bits per heavy atom. The third kappa shape index (κ3) is 5.07. The number of carbonyl (C=O) groups excluding carboxylic acids is 2. The number of ketones is 1. The molecule has 0 spiro atoms. The van der Waals surface area contributed by atoms with Gasteiger partial charge in [-0.3, -0.25) is 4.79 Å². The largest absolute Gasteiger partial charge is 0.456 e. The molecule has 28 heavy (non-hydrogen) atoms. The molecule has 0 bridgehead atoms. The van der Waals surface area contributed by atoms with Crippen LogP contribution in [0.5, 0.6) is 0 Å². The predicted molar refractivity (Wildman–Crippen MR) is 87.2 cm³/mol. The van der Waals surface area contributed by atoms with E-state index in [0.717, 1.165) is 32.6 Å². The fourth-order valence-electron chi connectivity index (χ4n) is 3.53. The first-order valence-electron chi connectivity index (χ1n) is 8.82. The van der Waals surface area contributed by atoms with Crippen LogP contribution in [0.4, 0.5) is 26.3 Å². The van der Waals surface area contributed by atoms with Crippen LogP contribution in [0.25, 0.3) is 0 Å². The van der Waals surface area contributed by atoms with Crippen LogP contribution in [0.3, 0.4) is 0 Å². The van der Waals surface area contributed by atoms with Crippen molar-refractivity contribution < 1.29 is 45.8 Å². The van der Waals surface area contributed by atoms with Crippen molar-refractivity contribution in [1.29, 1.82) is 0 Å². The second-order valence-electron chi connectivity index (χ2n) is 7.44. The zero-order valence-corrected chi connectivity index (χ0v) is 15.7. The van der Waals surface area contributed by atoms with Crippen molar-refractivity contribution in [1.82, 2.24) is 0 Å². The van der Waals surface area contributed by atoms with Crippen LogP contribution in [0.15, 0.2) is 12.2 Å². The zero-order chi connectivity index (χ0) is 22.0. The summed E-state index contributed by atoms with van der Waals surface area (Å²) < 4.78 is 82.6. The minimum absolute atomic E-state index is 0.0426. The van der Waals surface area contributed by atoms with E-state index in [2.05, 4.69) is 6.58 Å². The number of Topliss-reactive ketones (excluding diaryl/α,β-unsaturated/α-hetero) is 1. The third-order valence-corrected chi connectivity index (χ3v) is 5.11. The zero-order valence-electron chi connectivity index (χ0n) is 15.7. The van der Waals surface area contributed by atoms with Crippen molar-refractivity contribution in [2.45, 2.75) is 82.3 Å². The summed E-state index contributed by atoms with van der Waals surface area (Å²) >= 11 is 0. The standard InChI is InChI=1S/C13H16F6O3.C5H8O/c1-7(2)9(20)22-10(3)6-4-5-8(10)11(21,12(14,15)16)13(17,18)19;6-5-3-1-2-4-5/h8,21H,1,4-6H2,2-3H3;1-4H2. The van der Waals surface area contributed by atoms with Crippen molar-refractivity contribution in [3.8, 4) is 0 Å². The maximum Gasteiger partial charge on any atom is 0.426 e. The van der Waals surface area contributed by atoms with Crippen LogP contribution in [-0.4, -0.2) is 40.4 Å². The van der Waals surface area contributed by atoms with Gasteiger partial charge in [-0.25, -0.2) is 4.79 Å². The highest BCUT2D eigenvalue weighted by molar-refractivity contribution is 5.87. The van der Waals surface area contributed by atoms with E-state index in [1.54, 1.807) is 0 Å². The maximum atomic E-state index is 13.0. The first-order valence-corrected chi connectivity index (χ1v) is 8.82. The van der Waals surface area contributed by atoms with E-state index in [1.807, 2.05) is 0 Å². The molecule has 0 heterocycles. The molecule has 2 aliphatic carbocycles. The van der Waals surface area contributed by atoms with E-state index in [9.17, 15) is 41.0 Å². The highest BCUT2D eigenvalue weighted by atomic mass is 19.4. The Labute approximate surface area is 158 Å². The molecular formula is C18H24F6O4. The molecule has 162 valence electrons. The first-order chi connectivity index (χ1) is 12.6. The van der Waals surface area contributed by atoms with Crippen molar-refractivity contribution in [3.63, 3.8) is 0 Å². The summed E-state index contributed by atoms with van der Waals surface area (Å²) in [5.74, 6) is -2.99. The lowest BCUT2D eigenvalue weighted by Crippen LogP contribution is -2.65. The van der Waals surface area contributed by atoms with Crippen molar-refractivity contribution in [2.75, 3.05) is 0 Å². The Bertz CT molecular complexity index is 588. The van der Waals surface area contributed by atoms with Gasteiger partial charge in [-0.15, -0.1) is 0 Å². The number of aliphatic hydroxyl groups is 1. The molecule has 0 aromatic carbocycles. The van der Waals surface area contributed by atoms with Gasteiger partial charge in [0.05, 0.1) is 0 Å². The quantitative estimate of drug-likeness (QED) is 0.412. The molecule has 2 fully saturated rings. The van der Waals surface area contributed by atoms with Crippen LogP contribution in [0, 0.1) is 5.92 Å². The number of halogens is 6. The summed E-state index contributed by atoms with van der Waals surface area (Å²) in [5, 5.41) is 9.51. The molecule has 4 nitrogen and oxygen atoms in total. The third-order valence-electron chi connectivity index (χ3n) is 5.11. The van der Waals surface area contributed by atoms with Gasteiger partial charge in [0.2, 0.25) is 0 Å². The van der Waals surface area contributed by atoms with Gasteiger partial charge < -0.3 is 9.84 Å². The molecule has 2 rings (SSSR count). The molecule has 0 aliphatic heterocycles. The topological polar surface area (TPSA) is 63.6 Å². The van der Waals surface area contributed by atoms with Crippen LogP contribution in [0.1, 0.15) is 58.8 Å². The molecule has 0 amide bonds. The van der Waals surface area contributed by atoms with Gasteiger partial charge >= 0.3 is 18.3 Å². The smallest absolute Gasteiger partial charge is 0.426 e. The Morgan fingerprint density at radius 2 is 1.57 bits per heavy atom.